The average Bonchev–Trinajstić information content (AvgIpc) is 2.28. The molecule has 0 aliphatic rings. The van der Waals surface area contributed by atoms with Crippen molar-refractivity contribution in [2.24, 2.45) is 0 Å². The molecule has 1 aromatic carbocycles. The predicted octanol–water partition coefficient (Wildman–Crippen LogP) is 0.949. The second-order valence-corrected chi connectivity index (χ2v) is 5.03. The van der Waals surface area contributed by atoms with Crippen LogP contribution in [0, 0.1) is 0 Å². The highest BCUT2D eigenvalue weighted by Crippen LogP contribution is 2.13. The number of amides is 1. The predicted molar refractivity (Wildman–Crippen MR) is 60.1 cm³/mol. The topological polar surface area (TPSA) is 72.5 Å². The monoisotopic (exact) mass is 243 g/mol. The number of carbonyl (C=O) groups excluding carboxylic acids is 1. The van der Waals surface area contributed by atoms with Gasteiger partial charge in [0, 0.05) is 7.05 Å². The number of ether oxygens (including phenoxy) is 1. The molecule has 1 amide bonds. The van der Waals surface area contributed by atoms with Crippen molar-refractivity contribution in [2.75, 3.05) is 14.2 Å². The number of carbonyl (C=O) groups is 1. The van der Waals surface area contributed by atoms with Crippen LogP contribution in [0.1, 0.15) is 5.56 Å². The van der Waals surface area contributed by atoms with E-state index in [4.69, 9.17) is 4.74 Å². The maximum Gasteiger partial charge on any atom is 0.336 e. The molecule has 88 valence electrons. The Kier molecular flexibility index (Phi) is 3.89. The summed E-state index contributed by atoms with van der Waals surface area (Å²) < 4.78 is 27.8. The number of hydrogen-bond donors (Lipinski definition) is 1. The molecule has 1 rings (SSSR count). The Bertz CT molecular complexity index is 464. The average molecular weight is 243 g/mol. The van der Waals surface area contributed by atoms with E-state index >= 15 is 0 Å². The Morgan fingerprint density at radius 1 is 1.31 bits per heavy atom. The maximum atomic E-state index is 11.4. The number of methoxy groups -OCH3 is 1. The first-order valence-electron chi connectivity index (χ1n) is 4.57. The quantitative estimate of drug-likeness (QED) is 0.857. The van der Waals surface area contributed by atoms with Crippen molar-refractivity contribution in [1.82, 2.24) is 5.32 Å². The van der Waals surface area contributed by atoms with Crippen molar-refractivity contribution in [2.45, 2.75) is 5.75 Å². The molecule has 6 heteroatoms. The van der Waals surface area contributed by atoms with E-state index in [1.54, 1.807) is 24.3 Å². The van der Waals surface area contributed by atoms with E-state index in [1.807, 2.05) is 0 Å². The zero-order valence-corrected chi connectivity index (χ0v) is 9.87. The van der Waals surface area contributed by atoms with Crippen LogP contribution in [0.25, 0.3) is 0 Å². The van der Waals surface area contributed by atoms with Gasteiger partial charge >= 0.3 is 5.24 Å². The lowest BCUT2D eigenvalue weighted by molar-refractivity contribution is 0.260. The lowest BCUT2D eigenvalue weighted by atomic mass is 10.2. The third-order valence-electron chi connectivity index (χ3n) is 2.00. The van der Waals surface area contributed by atoms with Gasteiger partial charge in [-0.05, 0) is 17.7 Å². The van der Waals surface area contributed by atoms with Gasteiger partial charge in [0.1, 0.15) is 5.75 Å². The summed E-state index contributed by atoms with van der Waals surface area (Å²) in [5, 5.41) is 1.13. The largest absolute Gasteiger partial charge is 0.497 e. The Balaban J connectivity index is 2.84. The Morgan fingerprint density at radius 2 is 1.88 bits per heavy atom. The van der Waals surface area contributed by atoms with E-state index in [1.165, 1.54) is 14.2 Å². The van der Waals surface area contributed by atoms with Gasteiger partial charge in [0.05, 0.1) is 12.9 Å². The SMILES string of the molecule is CNC(=O)S(=O)(=O)Cc1ccc(OC)cc1. The van der Waals surface area contributed by atoms with Crippen LogP contribution in [0.4, 0.5) is 4.79 Å². The summed E-state index contributed by atoms with van der Waals surface area (Å²) in [5.41, 5.74) is 0.546. The highest BCUT2D eigenvalue weighted by molar-refractivity contribution is 8.05. The molecule has 0 aromatic heterocycles. The number of rotatable bonds is 3. The van der Waals surface area contributed by atoms with E-state index in [9.17, 15) is 13.2 Å². The first kappa shape index (κ1) is 12.5. The van der Waals surface area contributed by atoms with Crippen LogP contribution in [0.15, 0.2) is 24.3 Å². The molecule has 0 fully saturated rings. The smallest absolute Gasteiger partial charge is 0.336 e. The van der Waals surface area contributed by atoms with Gasteiger partial charge in [-0.25, -0.2) is 8.42 Å². The minimum absolute atomic E-state index is 0.309. The van der Waals surface area contributed by atoms with Crippen molar-refractivity contribution in [3.63, 3.8) is 0 Å². The van der Waals surface area contributed by atoms with Crippen molar-refractivity contribution in [1.29, 1.82) is 0 Å². The molecular weight excluding hydrogens is 230 g/mol. The van der Waals surface area contributed by atoms with Gasteiger partial charge in [-0.15, -0.1) is 0 Å². The number of sulfone groups is 1. The minimum Gasteiger partial charge on any atom is -0.497 e. The number of benzene rings is 1. The molecule has 5 nitrogen and oxygen atoms in total. The summed E-state index contributed by atoms with van der Waals surface area (Å²) in [6.45, 7) is 0. The molecule has 1 aromatic rings. The Morgan fingerprint density at radius 3 is 2.31 bits per heavy atom. The van der Waals surface area contributed by atoms with E-state index in [-0.39, 0.29) is 5.75 Å². The Hall–Kier alpha value is -1.56. The molecule has 0 aliphatic heterocycles. The van der Waals surface area contributed by atoms with Gasteiger partial charge in [-0.2, -0.15) is 0 Å². The van der Waals surface area contributed by atoms with Crippen molar-refractivity contribution < 1.29 is 17.9 Å². The summed E-state index contributed by atoms with van der Waals surface area (Å²) in [5.74, 6) is 0.331. The first-order chi connectivity index (χ1) is 7.49. The highest BCUT2D eigenvalue weighted by atomic mass is 32.2. The lowest BCUT2D eigenvalue weighted by Crippen LogP contribution is -2.27. The molecule has 0 aliphatic carbocycles. The number of hydrogen-bond acceptors (Lipinski definition) is 4. The molecule has 0 saturated carbocycles. The second kappa shape index (κ2) is 4.98. The van der Waals surface area contributed by atoms with Crippen LogP contribution in [0.3, 0.4) is 0 Å². The normalized spacial score (nSPS) is 10.9. The van der Waals surface area contributed by atoms with Crippen LogP contribution in [0.5, 0.6) is 5.75 Å². The van der Waals surface area contributed by atoms with Crippen molar-refractivity contribution >= 4 is 15.1 Å². The summed E-state index contributed by atoms with van der Waals surface area (Å²) in [7, 11) is -0.964. The van der Waals surface area contributed by atoms with Crippen LogP contribution < -0.4 is 10.1 Å². The van der Waals surface area contributed by atoms with E-state index < -0.39 is 15.1 Å². The molecule has 0 spiro atoms. The molecule has 0 bridgehead atoms. The van der Waals surface area contributed by atoms with Crippen LogP contribution in [0.2, 0.25) is 0 Å². The maximum absolute atomic E-state index is 11.4. The first-order valence-corrected chi connectivity index (χ1v) is 6.22. The van der Waals surface area contributed by atoms with Crippen LogP contribution in [-0.2, 0) is 15.6 Å². The molecule has 0 atom stereocenters. The summed E-state index contributed by atoms with van der Waals surface area (Å²) in [6.07, 6.45) is 0. The molecule has 0 radical (unpaired) electrons. The fourth-order valence-electron chi connectivity index (χ4n) is 1.16. The molecule has 1 N–H and O–H groups in total. The van der Waals surface area contributed by atoms with Crippen LogP contribution >= 0.6 is 0 Å². The molecular formula is C10H13NO4S. The van der Waals surface area contributed by atoms with E-state index in [0.717, 1.165) is 0 Å². The molecule has 0 heterocycles. The molecule has 0 unspecified atom stereocenters. The fraction of sp³-hybridized carbons (Fsp3) is 0.300. The fourth-order valence-corrected chi connectivity index (χ4v) is 2.24. The third kappa shape index (κ3) is 2.96. The summed E-state index contributed by atoms with van der Waals surface area (Å²) in [4.78, 5) is 11.0. The zero-order valence-electron chi connectivity index (χ0n) is 9.06. The zero-order chi connectivity index (χ0) is 12.2. The third-order valence-corrected chi connectivity index (χ3v) is 3.48. The van der Waals surface area contributed by atoms with Gasteiger partial charge in [-0.1, -0.05) is 12.1 Å². The van der Waals surface area contributed by atoms with Gasteiger partial charge < -0.3 is 10.1 Å². The minimum atomic E-state index is -3.77. The standard InChI is InChI=1S/C10H13NO4S/c1-11-10(12)16(13,14)7-8-3-5-9(15-2)6-4-8/h3-6H,7H2,1-2H3,(H,11,12). The van der Waals surface area contributed by atoms with Gasteiger partial charge in [-0.3, -0.25) is 4.79 Å². The highest BCUT2D eigenvalue weighted by Gasteiger charge is 2.20. The summed E-state index contributed by atoms with van der Waals surface area (Å²) >= 11 is 0. The van der Waals surface area contributed by atoms with Gasteiger partial charge in [0.25, 0.3) is 0 Å². The van der Waals surface area contributed by atoms with E-state index in [2.05, 4.69) is 5.32 Å². The van der Waals surface area contributed by atoms with E-state index in [0.29, 0.717) is 11.3 Å². The van der Waals surface area contributed by atoms with Gasteiger partial charge in [0.2, 0.25) is 9.84 Å². The second-order valence-electron chi connectivity index (χ2n) is 3.14. The summed E-state index contributed by atoms with van der Waals surface area (Å²) in [6, 6.07) is 6.52. The van der Waals surface area contributed by atoms with Crippen molar-refractivity contribution in [3.8, 4) is 5.75 Å². The van der Waals surface area contributed by atoms with Gasteiger partial charge in [0.15, 0.2) is 0 Å². The Labute approximate surface area is 94.3 Å². The molecule has 16 heavy (non-hydrogen) atoms. The number of nitrogens with one attached hydrogen (secondary N) is 1. The molecule has 0 saturated heterocycles. The lowest BCUT2D eigenvalue weighted by Gasteiger charge is -2.04. The van der Waals surface area contributed by atoms with Crippen LogP contribution in [-0.4, -0.2) is 27.8 Å². The van der Waals surface area contributed by atoms with Crippen molar-refractivity contribution in [3.05, 3.63) is 29.8 Å².